The Bertz CT molecular complexity index is 775. The molecule has 1 amide bonds. The first-order valence-corrected chi connectivity index (χ1v) is 8.96. The molecule has 0 bridgehead atoms. The van der Waals surface area contributed by atoms with E-state index in [1.165, 1.54) is 0 Å². The smallest absolute Gasteiger partial charge is 0.239 e. The standard InChI is InChI=1S/C19H29N7O/c1-14-24-25-16(26(14)5)12-21-18(20-11-15-9-7-6-8-10-15)22-13-17(27)23-19(2,3)4/h6-10H,11-13H2,1-5H3,(H,23,27)(H2,20,21,22). The highest BCUT2D eigenvalue weighted by molar-refractivity contribution is 5.86. The Labute approximate surface area is 160 Å². The van der Waals surface area contributed by atoms with Crippen molar-refractivity contribution in [3.8, 4) is 0 Å². The van der Waals surface area contributed by atoms with Crippen LogP contribution in [0.5, 0.6) is 0 Å². The fourth-order valence-corrected chi connectivity index (χ4v) is 2.32. The Morgan fingerprint density at radius 3 is 2.44 bits per heavy atom. The number of hydrogen-bond donors (Lipinski definition) is 3. The molecule has 0 fully saturated rings. The molecule has 0 aliphatic carbocycles. The quantitative estimate of drug-likeness (QED) is 0.525. The minimum atomic E-state index is -0.274. The molecule has 1 heterocycles. The maximum atomic E-state index is 12.1. The highest BCUT2D eigenvalue weighted by Crippen LogP contribution is 2.01. The van der Waals surface area contributed by atoms with Crippen LogP contribution in [0.2, 0.25) is 0 Å². The van der Waals surface area contributed by atoms with Crippen LogP contribution in [0.1, 0.15) is 38.0 Å². The van der Waals surface area contributed by atoms with E-state index in [0.717, 1.165) is 17.2 Å². The predicted octanol–water partition coefficient (Wildman–Crippen LogP) is 1.27. The van der Waals surface area contributed by atoms with Crippen LogP contribution in [0, 0.1) is 6.92 Å². The molecule has 8 nitrogen and oxygen atoms in total. The number of aromatic nitrogens is 3. The van der Waals surface area contributed by atoms with E-state index in [1.54, 1.807) is 0 Å². The molecule has 0 spiro atoms. The van der Waals surface area contributed by atoms with Crippen LogP contribution in [0.3, 0.4) is 0 Å². The van der Waals surface area contributed by atoms with E-state index in [4.69, 9.17) is 0 Å². The lowest BCUT2D eigenvalue weighted by Gasteiger charge is -2.21. The third kappa shape index (κ3) is 7.08. The van der Waals surface area contributed by atoms with Gasteiger partial charge in [-0.25, -0.2) is 4.99 Å². The summed E-state index contributed by atoms with van der Waals surface area (Å²) in [5.41, 5.74) is 0.816. The van der Waals surface area contributed by atoms with Gasteiger partial charge in [0.25, 0.3) is 0 Å². The summed E-state index contributed by atoms with van der Waals surface area (Å²) in [7, 11) is 1.91. The maximum absolute atomic E-state index is 12.1. The lowest BCUT2D eigenvalue weighted by Crippen LogP contribution is -2.48. The van der Waals surface area contributed by atoms with Gasteiger partial charge in [-0.05, 0) is 33.3 Å². The first-order valence-electron chi connectivity index (χ1n) is 8.96. The van der Waals surface area contributed by atoms with Crippen LogP contribution in [0.25, 0.3) is 0 Å². The van der Waals surface area contributed by atoms with E-state index >= 15 is 0 Å². The number of carbonyl (C=O) groups excluding carboxylic acids is 1. The van der Waals surface area contributed by atoms with Crippen LogP contribution in [0.4, 0.5) is 0 Å². The average Bonchev–Trinajstić information content (AvgIpc) is 2.92. The lowest BCUT2D eigenvalue weighted by molar-refractivity contribution is -0.121. The zero-order valence-electron chi connectivity index (χ0n) is 16.7. The van der Waals surface area contributed by atoms with Crippen molar-refractivity contribution >= 4 is 11.9 Å². The van der Waals surface area contributed by atoms with Crippen molar-refractivity contribution in [1.29, 1.82) is 0 Å². The minimum absolute atomic E-state index is 0.0915. The minimum Gasteiger partial charge on any atom is -0.350 e. The second kappa shape index (κ2) is 9.16. The Hall–Kier alpha value is -2.90. The van der Waals surface area contributed by atoms with Crippen LogP contribution < -0.4 is 16.0 Å². The van der Waals surface area contributed by atoms with E-state index in [2.05, 4.69) is 31.1 Å². The van der Waals surface area contributed by atoms with Crippen LogP contribution >= 0.6 is 0 Å². The molecule has 2 aromatic rings. The molecule has 146 valence electrons. The summed E-state index contributed by atoms with van der Waals surface area (Å²) in [4.78, 5) is 16.7. The lowest BCUT2D eigenvalue weighted by atomic mass is 10.1. The number of nitrogens with one attached hydrogen (secondary N) is 3. The van der Waals surface area contributed by atoms with Gasteiger partial charge in [-0.3, -0.25) is 4.79 Å². The van der Waals surface area contributed by atoms with E-state index in [1.807, 2.05) is 69.6 Å². The van der Waals surface area contributed by atoms with E-state index in [9.17, 15) is 4.79 Å². The number of guanidine groups is 1. The zero-order valence-corrected chi connectivity index (χ0v) is 16.7. The molecule has 0 saturated heterocycles. The van der Waals surface area contributed by atoms with Gasteiger partial charge < -0.3 is 20.5 Å². The van der Waals surface area contributed by atoms with Crippen LogP contribution in [0.15, 0.2) is 35.3 Å². The molecule has 0 aliphatic rings. The summed E-state index contributed by atoms with van der Waals surface area (Å²) in [6, 6.07) is 9.95. The Morgan fingerprint density at radius 2 is 1.85 bits per heavy atom. The van der Waals surface area contributed by atoms with Gasteiger partial charge in [0.2, 0.25) is 5.91 Å². The Kier molecular flexibility index (Phi) is 6.92. The normalized spacial score (nSPS) is 12.0. The topological polar surface area (TPSA) is 96.2 Å². The number of aliphatic imine (C=N–C) groups is 1. The first-order chi connectivity index (χ1) is 12.7. The number of carbonyl (C=O) groups is 1. The van der Waals surface area contributed by atoms with Crippen molar-refractivity contribution < 1.29 is 4.79 Å². The average molecular weight is 371 g/mol. The summed E-state index contributed by atoms with van der Waals surface area (Å²) in [6.07, 6.45) is 0. The van der Waals surface area contributed by atoms with E-state index in [-0.39, 0.29) is 18.0 Å². The molecular formula is C19H29N7O. The molecule has 0 atom stereocenters. The molecule has 8 heteroatoms. The molecule has 0 unspecified atom stereocenters. The van der Waals surface area contributed by atoms with Gasteiger partial charge in [-0.15, -0.1) is 10.2 Å². The van der Waals surface area contributed by atoms with Gasteiger partial charge in [0, 0.05) is 12.6 Å². The molecule has 1 aromatic heterocycles. The number of rotatable bonds is 6. The molecule has 27 heavy (non-hydrogen) atoms. The van der Waals surface area contributed by atoms with Gasteiger partial charge in [0.05, 0.1) is 19.6 Å². The number of nitrogens with zero attached hydrogens (tertiary/aromatic N) is 4. The van der Waals surface area contributed by atoms with Crippen molar-refractivity contribution in [1.82, 2.24) is 30.7 Å². The van der Waals surface area contributed by atoms with E-state index < -0.39 is 0 Å². The highest BCUT2D eigenvalue weighted by atomic mass is 16.2. The molecule has 0 saturated carbocycles. The number of aryl methyl sites for hydroxylation is 1. The summed E-state index contributed by atoms with van der Waals surface area (Å²) in [6.45, 7) is 8.84. The summed E-state index contributed by atoms with van der Waals surface area (Å²) in [5.74, 6) is 2.09. The molecular weight excluding hydrogens is 342 g/mol. The van der Waals surface area contributed by atoms with Crippen LogP contribution in [-0.4, -0.2) is 38.7 Å². The fourth-order valence-electron chi connectivity index (χ4n) is 2.32. The largest absolute Gasteiger partial charge is 0.350 e. The monoisotopic (exact) mass is 371 g/mol. The second-order valence-corrected chi connectivity index (χ2v) is 7.38. The highest BCUT2D eigenvalue weighted by Gasteiger charge is 2.14. The van der Waals surface area contributed by atoms with Gasteiger partial charge in [0.1, 0.15) is 5.82 Å². The SMILES string of the molecule is Cc1nnc(CNC(=NCc2ccccc2)NCC(=O)NC(C)(C)C)n1C. The zero-order chi connectivity index (χ0) is 19.9. The Morgan fingerprint density at radius 1 is 1.15 bits per heavy atom. The second-order valence-electron chi connectivity index (χ2n) is 7.38. The Balaban J connectivity index is 2.01. The van der Waals surface area contributed by atoms with E-state index in [0.29, 0.717) is 19.0 Å². The summed E-state index contributed by atoms with van der Waals surface area (Å²) in [5, 5.41) is 17.4. The van der Waals surface area contributed by atoms with Crippen molar-refractivity contribution in [2.75, 3.05) is 6.54 Å². The molecule has 0 aliphatic heterocycles. The molecule has 1 aromatic carbocycles. The third-order valence-corrected chi connectivity index (χ3v) is 3.79. The van der Waals surface area contributed by atoms with Crippen molar-refractivity contribution in [3.05, 3.63) is 47.5 Å². The van der Waals surface area contributed by atoms with Gasteiger partial charge in [-0.1, -0.05) is 30.3 Å². The number of amides is 1. The first kappa shape index (κ1) is 20.4. The van der Waals surface area contributed by atoms with Gasteiger partial charge in [0.15, 0.2) is 11.8 Å². The molecule has 0 radical (unpaired) electrons. The van der Waals surface area contributed by atoms with Crippen molar-refractivity contribution in [2.45, 2.75) is 46.3 Å². The maximum Gasteiger partial charge on any atom is 0.239 e. The fraction of sp³-hybridized carbons (Fsp3) is 0.474. The van der Waals surface area contributed by atoms with Crippen molar-refractivity contribution in [3.63, 3.8) is 0 Å². The van der Waals surface area contributed by atoms with Gasteiger partial charge >= 0.3 is 0 Å². The third-order valence-electron chi connectivity index (χ3n) is 3.79. The van der Waals surface area contributed by atoms with Gasteiger partial charge in [-0.2, -0.15) is 0 Å². The summed E-state index contributed by atoms with van der Waals surface area (Å²) >= 11 is 0. The van der Waals surface area contributed by atoms with Crippen LogP contribution in [-0.2, 0) is 24.9 Å². The predicted molar refractivity (Wildman–Crippen MR) is 106 cm³/mol. The van der Waals surface area contributed by atoms with Crippen molar-refractivity contribution in [2.24, 2.45) is 12.0 Å². The summed E-state index contributed by atoms with van der Waals surface area (Å²) < 4.78 is 1.91. The molecule has 3 N–H and O–H groups in total. The number of hydrogen-bond acceptors (Lipinski definition) is 4. The number of benzene rings is 1. The molecule has 2 rings (SSSR count).